The quantitative estimate of drug-likeness (QED) is 0.919. The lowest BCUT2D eigenvalue weighted by Gasteiger charge is -2.12. The SMILES string of the molecule is Cc1ccc(C(C)C)cc1Oc1ccc(N)c(C#N)n1. The van der Waals surface area contributed by atoms with Crippen molar-refractivity contribution in [3.63, 3.8) is 0 Å². The van der Waals surface area contributed by atoms with Crippen molar-refractivity contribution in [1.29, 1.82) is 5.26 Å². The van der Waals surface area contributed by atoms with Crippen molar-refractivity contribution < 1.29 is 4.74 Å². The number of nitrogens with two attached hydrogens (primary N) is 1. The van der Waals surface area contributed by atoms with Crippen LogP contribution in [0.1, 0.15) is 36.6 Å². The van der Waals surface area contributed by atoms with E-state index in [9.17, 15) is 0 Å². The van der Waals surface area contributed by atoms with Crippen LogP contribution < -0.4 is 10.5 Å². The third-order valence-corrected chi connectivity index (χ3v) is 3.10. The van der Waals surface area contributed by atoms with Crippen molar-refractivity contribution in [2.45, 2.75) is 26.7 Å². The predicted octanol–water partition coefficient (Wildman–Crippen LogP) is 3.76. The molecule has 0 bridgehead atoms. The number of aryl methyl sites for hydroxylation is 1. The maximum atomic E-state index is 8.93. The average molecular weight is 267 g/mol. The van der Waals surface area contributed by atoms with Gasteiger partial charge in [-0.2, -0.15) is 5.26 Å². The molecule has 1 aromatic heterocycles. The molecule has 0 amide bonds. The molecule has 0 atom stereocenters. The van der Waals surface area contributed by atoms with Crippen LogP contribution in [0.25, 0.3) is 0 Å². The van der Waals surface area contributed by atoms with E-state index in [0.717, 1.165) is 11.3 Å². The second kappa shape index (κ2) is 5.62. The third kappa shape index (κ3) is 2.89. The number of pyridine rings is 1. The molecular formula is C16H17N3O. The number of anilines is 1. The van der Waals surface area contributed by atoms with Crippen molar-refractivity contribution in [3.05, 3.63) is 47.2 Å². The molecule has 102 valence electrons. The topological polar surface area (TPSA) is 71.9 Å². The Bertz CT molecular complexity index is 672. The average Bonchev–Trinajstić information content (AvgIpc) is 2.43. The van der Waals surface area contributed by atoms with E-state index in [1.807, 2.05) is 25.1 Å². The Kier molecular flexibility index (Phi) is 3.90. The molecule has 0 unspecified atom stereocenters. The van der Waals surface area contributed by atoms with Gasteiger partial charge in [0, 0.05) is 6.07 Å². The highest BCUT2D eigenvalue weighted by Crippen LogP contribution is 2.28. The van der Waals surface area contributed by atoms with Crippen molar-refractivity contribution in [1.82, 2.24) is 4.98 Å². The molecule has 1 aromatic carbocycles. The van der Waals surface area contributed by atoms with Gasteiger partial charge < -0.3 is 10.5 Å². The highest BCUT2D eigenvalue weighted by molar-refractivity contribution is 5.51. The van der Waals surface area contributed by atoms with Gasteiger partial charge in [0.15, 0.2) is 5.69 Å². The Morgan fingerprint density at radius 1 is 1.25 bits per heavy atom. The summed E-state index contributed by atoms with van der Waals surface area (Å²) in [5, 5.41) is 8.93. The Morgan fingerprint density at radius 3 is 2.65 bits per heavy atom. The van der Waals surface area contributed by atoms with E-state index in [1.165, 1.54) is 5.56 Å². The van der Waals surface area contributed by atoms with Crippen LogP contribution in [-0.2, 0) is 0 Å². The fraction of sp³-hybridized carbons (Fsp3) is 0.250. The lowest BCUT2D eigenvalue weighted by Crippen LogP contribution is -1.97. The zero-order chi connectivity index (χ0) is 14.7. The molecule has 2 N–H and O–H groups in total. The molecule has 1 heterocycles. The molecule has 0 radical (unpaired) electrons. The second-order valence-electron chi connectivity index (χ2n) is 4.98. The minimum atomic E-state index is 0.181. The van der Waals surface area contributed by atoms with Crippen LogP contribution >= 0.6 is 0 Å². The largest absolute Gasteiger partial charge is 0.439 e. The monoisotopic (exact) mass is 267 g/mol. The molecule has 20 heavy (non-hydrogen) atoms. The standard InChI is InChI=1S/C16H17N3O/c1-10(2)12-5-4-11(3)15(8-12)20-16-7-6-13(18)14(9-17)19-16/h4-8,10H,18H2,1-3H3. The zero-order valence-corrected chi connectivity index (χ0v) is 11.8. The van der Waals surface area contributed by atoms with Gasteiger partial charge in [0.2, 0.25) is 5.88 Å². The van der Waals surface area contributed by atoms with Crippen LogP contribution in [0.5, 0.6) is 11.6 Å². The number of nitrogen functional groups attached to an aromatic ring is 1. The fourth-order valence-electron chi connectivity index (χ4n) is 1.80. The lowest BCUT2D eigenvalue weighted by molar-refractivity contribution is 0.458. The molecule has 0 aliphatic rings. The first-order chi connectivity index (χ1) is 9.51. The highest BCUT2D eigenvalue weighted by Gasteiger charge is 2.08. The van der Waals surface area contributed by atoms with E-state index in [0.29, 0.717) is 17.5 Å². The maximum absolute atomic E-state index is 8.93. The number of aromatic nitrogens is 1. The molecule has 0 fully saturated rings. The minimum absolute atomic E-state index is 0.181. The van der Waals surface area contributed by atoms with Crippen molar-refractivity contribution in [3.8, 4) is 17.7 Å². The maximum Gasteiger partial charge on any atom is 0.220 e. The molecular weight excluding hydrogens is 250 g/mol. The van der Waals surface area contributed by atoms with Crippen LogP contribution in [0.2, 0.25) is 0 Å². The van der Waals surface area contributed by atoms with Gasteiger partial charge in [0.1, 0.15) is 11.8 Å². The Labute approximate surface area is 118 Å². The van der Waals surface area contributed by atoms with E-state index >= 15 is 0 Å². The first kappa shape index (κ1) is 13.9. The summed E-state index contributed by atoms with van der Waals surface area (Å²) in [4.78, 5) is 4.09. The Morgan fingerprint density at radius 2 is 2.00 bits per heavy atom. The van der Waals surface area contributed by atoms with Crippen molar-refractivity contribution in [2.24, 2.45) is 0 Å². The van der Waals surface area contributed by atoms with Crippen LogP contribution in [-0.4, -0.2) is 4.98 Å². The van der Waals surface area contributed by atoms with E-state index in [4.69, 9.17) is 15.7 Å². The van der Waals surface area contributed by atoms with Gasteiger partial charge in [-0.05, 0) is 36.1 Å². The van der Waals surface area contributed by atoms with Gasteiger partial charge in [0.05, 0.1) is 5.69 Å². The first-order valence-corrected chi connectivity index (χ1v) is 6.46. The molecule has 0 aliphatic carbocycles. The summed E-state index contributed by atoms with van der Waals surface area (Å²) in [5.74, 6) is 1.55. The Hall–Kier alpha value is -2.54. The Balaban J connectivity index is 2.35. The van der Waals surface area contributed by atoms with Gasteiger partial charge in [-0.15, -0.1) is 0 Å². The normalized spacial score (nSPS) is 10.3. The zero-order valence-electron chi connectivity index (χ0n) is 11.8. The summed E-state index contributed by atoms with van der Waals surface area (Å²) >= 11 is 0. The van der Waals surface area contributed by atoms with Gasteiger partial charge in [-0.25, -0.2) is 4.98 Å². The molecule has 0 saturated carbocycles. The molecule has 2 aromatic rings. The van der Waals surface area contributed by atoms with Gasteiger partial charge >= 0.3 is 0 Å². The predicted molar refractivity (Wildman–Crippen MR) is 78.7 cm³/mol. The number of ether oxygens (including phenoxy) is 1. The summed E-state index contributed by atoms with van der Waals surface area (Å²) in [7, 11) is 0. The van der Waals surface area contributed by atoms with Crippen LogP contribution in [0.15, 0.2) is 30.3 Å². The van der Waals surface area contributed by atoms with Gasteiger partial charge in [0.25, 0.3) is 0 Å². The van der Waals surface area contributed by atoms with E-state index in [-0.39, 0.29) is 5.69 Å². The summed E-state index contributed by atoms with van der Waals surface area (Å²) in [6, 6.07) is 11.4. The van der Waals surface area contributed by atoms with Crippen LogP contribution in [0.3, 0.4) is 0 Å². The summed E-state index contributed by atoms with van der Waals surface area (Å²) in [6.07, 6.45) is 0. The van der Waals surface area contributed by atoms with Crippen molar-refractivity contribution >= 4 is 5.69 Å². The third-order valence-electron chi connectivity index (χ3n) is 3.10. The number of hydrogen-bond acceptors (Lipinski definition) is 4. The number of nitriles is 1. The lowest BCUT2D eigenvalue weighted by atomic mass is 10.0. The number of nitrogens with zero attached hydrogens (tertiary/aromatic N) is 2. The summed E-state index contributed by atoms with van der Waals surface area (Å²) in [6.45, 7) is 6.23. The second-order valence-corrected chi connectivity index (χ2v) is 4.98. The highest BCUT2D eigenvalue weighted by atomic mass is 16.5. The summed E-state index contributed by atoms with van der Waals surface area (Å²) in [5.41, 5.74) is 8.40. The van der Waals surface area contributed by atoms with E-state index < -0.39 is 0 Å². The number of benzene rings is 1. The molecule has 0 spiro atoms. The van der Waals surface area contributed by atoms with Crippen LogP contribution in [0, 0.1) is 18.3 Å². The molecule has 4 nitrogen and oxygen atoms in total. The minimum Gasteiger partial charge on any atom is -0.439 e. The van der Waals surface area contributed by atoms with Gasteiger partial charge in [-0.3, -0.25) is 0 Å². The van der Waals surface area contributed by atoms with E-state index in [2.05, 4.69) is 24.9 Å². The first-order valence-electron chi connectivity index (χ1n) is 6.46. The number of hydrogen-bond donors (Lipinski definition) is 1. The smallest absolute Gasteiger partial charge is 0.220 e. The molecule has 2 rings (SSSR count). The fourth-order valence-corrected chi connectivity index (χ4v) is 1.80. The summed E-state index contributed by atoms with van der Waals surface area (Å²) < 4.78 is 5.78. The molecule has 0 aliphatic heterocycles. The molecule has 0 saturated heterocycles. The van der Waals surface area contributed by atoms with Gasteiger partial charge in [-0.1, -0.05) is 26.0 Å². The number of rotatable bonds is 3. The van der Waals surface area contributed by atoms with Crippen molar-refractivity contribution in [2.75, 3.05) is 5.73 Å². The van der Waals surface area contributed by atoms with E-state index in [1.54, 1.807) is 12.1 Å². The molecule has 4 heteroatoms. The van der Waals surface area contributed by atoms with Crippen LogP contribution in [0.4, 0.5) is 5.69 Å².